The number of anilines is 2. The molecule has 0 fully saturated rings. The minimum atomic E-state index is -0.339. The van der Waals surface area contributed by atoms with Crippen molar-refractivity contribution in [1.29, 1.82) is 0 Å². The van der Waals surface area contributed by atoms with Crippen molar-refractivity contribution in [3.63, 3.8) is 0 Å². The van der Waals surface area contributed by atoms with Crippen LogP contribution < -0.4 is 11.1 Å². The highest BCUT2D eigenvalue weighted by Crippen LogP contribution is 2.19. The van der Waals surface area contributed by atoms with Gasteiger partial charge in [0, 0.05) is 37.3 Å². The van der Waals surface area contributed by atoms with Crippen LogP contribution >= 0.6 is 0 Å². The summed E-state index contributed by atoms with van der Waals surface area (Å²) in [4.78, 5) is 8.27. The average molecular weight is 300 g/mol. The molecule has 22 heavy (non-hydrogen) atoms. The minimum Gasteiger partial charge on any atom is -0.394 e. The summed E-state index contributed by atoms with van der Waals surface area (Å²) in [5.74, 6) is 1.17. The van der Waals surface area contributed by atoms with Crippen LogP contribution in [0.15, 0.2) is 36.9 Å². The summed E-state index contributed by atoms with van der Waals surface area (Å²) >= 11 is 0. The molecule has 0 aromatic carbocycles. The lowest BCUT2D eigenvalue weighted by atomic mass is 10.2. The Balaban J connectivity index is 1.88. The summed E-state index contributed by atoms with van der Waals surface area (Å²) in [6.07, 6.45) is 6.92. The number of nitrogens with two attached hydrogens (primary N) is 1. The zero-order chi connectivity index (χ0) is 15.5. The van der Waals surface area contributed by atoms with Crippen LogP contribution in [-0.4, -0.2) is 41.2 Å². The topological polar surface area (TPSA) is 120 Å². The number of nitrogens with one attached hydrogen (secondary N) is 1. The normalized spacial score (nSPS) is 12.3. The van der Waals surface area contributed by atoms with E-state index in [2.05, 4.69) is 25.5 Å². The number of nitrogen functional groups attached to an aromatic ring is 1. The van der Waals surface area contributed by atoms with Crippen molar-refractivity contribution < 1.29 is 5.11 Å². The fraction of sp³-hybridized carbons (Fsp3) is 0.231. The van der Waals surface area contributed by atoms with Gasteiger partial charge in [-0.2, -0.15) is 20.2 Å². The fourth-order valence-electron chi connectivity index (χ4n) is 2.08. The molecular formula is C13H16N8O. The van der Waals surface area contributed by atoms with Crippen molar-refractivity contribution in [3.8, 4) is 5.82 Å². The van der Waals surface area contributed by atoms with Crippen LogP contribution in [0.1, 0.15) is 11.6 Å². The van der Waals surface area contributed by atoms with Crippen molar-refractivity contribution in [2.75, 3.05) is 17.7 Å². The molecule has 9 nitrogen and oxygen atoms in total. The Morgan fingerprint density at radius 1 is 1.36 bits per heavy atom. The Hall–Kier alpha value is -2.94. The predicted octanol–water partition coefficient (Wildman–Crippen LogP) is 0.123. The molecule has 1 atom stereocenters. The molecule has 0 bridgehead atoms. The summed E-state index contributed by atoms with van der Waals surface area (Å²) in [5, 5.41) is 20.9. The second-order valence-electron chi connectivity index (χ2n) is 4.75. The quantitative estimate of drug-likeness (QED) is 0.612. The Morgan fingerprint density at radius 2 is 2.23 bits per heavy atom. The van der Waals surface area contributed by atoms with E-state index in [9.17, 15) is 5.11 Å². The lowest BCUT2D eigenvalue weighted by Crippen LogP contribution is -2.16. The van der Waals surface area contributed by atoms with Gasteiger partial charge in [0.25, 0.3) is 0 Å². The number of hydrogen-bond donors (Lipinski definition) is 3. The van der Waals surface area contributed by atoms with Crippen LogP contribution in [0.2, 0.25) is 0 Å². The van der Waals surface area contributed by atoms with Crippen molar-refractivity contribution in [3.05, 3.63) is 42.5 Å². The largest absolute Gasteiger partial charge is 0.394 e. The fourth-order valence-corrected chi connectivity index (χ4v) is 2.08. The highest BCUT2D eigenvalue weighted by atomic mass is 16.3. The van der Waals surface area contributed by atoms with Gasteiger partial charge in [-0.1, -0.05) is 0 Å². The van der Waals surface area contributed by atoms with Crippen LogP contribution in [0.25, 0.3) is 5.82 Å². The first kappa shape index (κ1) is 14.0. The second-order valence-corrected chi connectivity index (χ2v) is 4.75. The van der Waals surface area contributed by atoms with Gasteiger partial charge in [0.2, 0.25) is 5.95 Å². The Morgan fingerprint density at radius 3 is 2.86 bits per heavy atom. The molecule has 0 amide bonds. The molecule has 1 unspecified atom stereocenters. The molecule has 4 N–H and O–H groups in total. The number of aromatic nitrogens is 6. The summed E-state index contributed by atoms with van der Waals surface area (Å²) in [6.45, 7) is -0.104. The van der Waals surface area contributed by atoms with Gasteiger partial charge in [-0.15, -0.1) is 0 Å². The van der Waals surface area contributed by atoms with E-state index >= 15 is 0 Å². The lowest BCUT2D eigenvalue weighted by Gasteiger charge is -2.16. The van der Waals surface area contributed by atoms with E-state index in [1.165, 1.54) is 0 Å². The molecule has 0 saturated heterocycles. The molecule has 0 aliphatic carbocycles. The van der Waals surface area contributed by atoms with Gasteiger partial charge >= 0.3 is 0 Å². The van der Waals surface area contributed by atoms with E-state index in [4.69, 9.17) is 5.73 Å². The summed E-state index contributed by atoms with van der Waals surface area (Å²) in [6, 6.07) is 3.16. The van der Waals surface area contributed by atoms with Crippen LogP contribution in [0, 0.1) is 0 Å². The average Bonchev–Trinajstić information content (AvgIpc) is 3.15. The van der Waals surface area contributed by atoms with E-state index in [0.717, 1.165) is 5.56 Å². The van der Waals surface area contributed by atoms with Gasteiger partial charge in [-0.05, 0) is 6.07 Å². The van der Waals surface area contributed by atoms with Gasteiger partial charge < -0.3 is 16.2 Å². The van der Waals surface area contributed by atoms with Gasteiger partial charge in [-0.3, -0.25) is 4.68 Å². The maximum absolute atomic E-state index is 9.58. The summed E-state index contributed by atoms with van der Waals surface area (Å²) in [7, 11) is 1.82. The highest BCUT2D eigenvalue weighted by Gasteiger charge is 2.14. The third-order valence-corrected chi connectivity index (χ3v) is 3.10. The van der Waals surface area contributed by atoms with Crippen LogP contribution in [-0.2, 0) is 7.05 Å². The van der Waals surface area contributed by atoms with Crippen molar-refractivity contribution in [2.45, 2.75) is 6.04 Å². The molecule has 9 heteroatoms. The van der Waals surface area contributed by atoms with E-state index in [1.807, 2.05) is 13.2 Å². The molecule has 3 aromatic heterocycles. The van der Waals surface area contributed by atoms with E-state index in [0.29, 0.717) is 11.6 Å². The van der Waals surface area contributed by atoms with E-state index in [-0.39, 0.29) is 18.6 Å². The van der Waals surface area contributed by atoms with E-state index < -0.39 is 0 Å². The molecular weight excluding hydrogens is 284 g/mol. The van der Waals surface area contributed by atoms with E-state index in [1.54, 1.807) is 40.1 Å². The van der Waals surface area contributed by atoms with Gasteiger partial charge in [0.05, 0.1) is 18.8 Å². The maximum atomic E-state index is 9.58. The molecule has 3 heterocycles. The van der Waals surface area contributed by atoms with Gasteiger partial charge in [-0.25, -0.2) is 4.68 Å². The number of nitrogens with zero attached hydrogens (tertiary/aromatic N) is 6. The maximum Gasteiger partial charge on any atom is 0.224 e. The predicted molar refractivity (Wildman–Crippen MR) is 80.2 cm³/mol. The summed E-state index contributed by atoms with van der Waals surface area (Å²) < 4.78 is 3.25. The second kappa shape index (κ2) is 5.82. The first-order valence-corrected chi connectivity index (χ1v) is 6.66. The van der Waals surface area contributed by atoms with Crippen LogP contribution in [0.4, 0.5) is 11.8 Å². The van der Waals surface area contributed by atoms with Crippen LogP contribution in [0.5, 0.6) is 0 Å². The number of rotatable bonds is 5. The standard InChI is InChI=1S/C13H16N8O/c1-20-7-9(6-16-20)10(8-22)17-11-5-12(19-13(14)18-11)21-4-2-3-15-21/h2-7,10,22H,8H2,1H3,(H3,14,17,18,19). The van der Waals surface area contributed by atoms with Crippen molar-refractivity contribution in [2.24, 2.45) is 7.05 Å². The Bertz CT molecular complexity index is 751. The molecule has 0 radical (unpaired) electrons. The monoisotopic (exact) mass is 300 g/mol. The van der Waals surface area contributed by atoms with Crippen LogP contribution in [0.3, 0.4) is 0 Å². The number of aryl methyl sites for hydroxylation is 1. The third kappa shape index (κ3) is 2.88. The smallest absolute Gasteiger partial charge is 0.224 e. The summed E-state index contributed by atoms with van der Waals surface area (Å²) in [5.41, 5.74) is 6.59. The third-order valence-electron chi connectivity index (χ3n) is 3.10. The van der Waals surface area contributed by atoms with Crippen molar-refractivity contribution in [1.82, 2.24) is 29.5 Å². The Kier molecular flexibility index (Phi) is 3.71. The number of aliphatic hydroxyl groups excluding tert-OH is 1. The molecule has 0 aliphatic heterocycles. The highest BCUT2D eigenvalue weighted by molar-refractivity contribution is 5.47. The van der Waals surface area contributed by atoms with Gasteiger partial charge in [0.1, 0.15) is 5.82 Å². The SMILES string of the molecule is Cn1cc(C(CO)Nc2cc(-n3cccn3)nc(N)n2)cn1. The minimum absolute atomic E-state index is 0.104. The lowest BCUT2D eigenvalue weighted by molar-refractivity contribution is 0.276. The molecule has 0 saturated carbocycles. The molecule has 3 aromatic rings. The Labute approximate surface area is 126 Å². The molecule has 0 spiro atoms. The number of hydrogen-bond acceptors (Lipinski definition) is 7. The first-order valence-electron chi connectivity index (χ1n) is 6.66. The zero-order valence-electron chi connectivity index (χ0n) is 12.0. The molecule has 3 rings (SSSR count). The van der Waals surface area contributed by atoms with Gasteiger partial charge in [0.15, 0.2) is 5.82 Å². The zero-order valence-corrected chi connectivity index (χ0v) is 12.0. The molecule has 114 valence electrons. The first-order chi connectivity index (χ1) is 10.7. The number of aliphatic hydroxyl groups is 1. The molecule has 0 aliphatic rings. The van der Waals surface area contributed by atoms with Crippen molar-refractivity contribution >= 4 is 11.8 Å².